The molecule has 32 heavy (non-hydrogen) atoms. The molecule has 3 aromatic carbocycles. The fraction of sp³-hybridized carbons (Fsp3) is 0.208. The summed E-state index contributed by atoms with van der Waals surface area (Å²) < 4.78 is 27.3. The molecule has 0 aliphatic heterocycles. The minimum atomic E-state index is -3.81. The van der Waals surface area contributed by atoms with Crippen LogP contribution in [0.5, 0.6) is 0 Å². The van der Waals surface area contributed by atoms with Crippen molar-refractivity contribution in [2.75, 3.05) is 32.0 Å². The van der Waals surface area contributed by atoms with Gasteiger partial charge in [-0.2, -0.15) is 0 Å². The van der Waals surface area contributed by atoms with Gasteiger partial charge in [-0.1, -0.05) is 54.1 Å². The van der Waals surface area contributed by atoms with Crippen molar-refractivity contribution >= 4 is 33.2 Å². The molecule has 3 rings (SSSR count). The molecule has 1 N–H and O–H groups in total. The topological polar surface area (TPSA) is 69.7 Å². The number of anilines is 1. The largest absolute Gasteiger partial charge is 0.350 e. The molecule has 0 saturated carbocycles. The van der Waals surface area contributed by atoms with Crippen LogP contribution in [0.4, 0.5) is 5.69 Å². The highest BCUT2D eigenvalue weighted by molar-refractivity contribution is 7.92. The van der Waals surface area contributed by atoms with Crippen molar-refractivity contribution in [3.05, 3.63) is 95.0 Å². The first-order chi connectivity index (χ1) is 15.2. The van der Waals surface area contributed by atoms with E-state index < -0.39 is 10.0 Å². The zero-order chi connectivity index (χ0) is 23.3. The van der Waals surface area contributed by atoms with E-state index in [9.17, 15) is 13.2 Å². The van der Waals surface area contributed by atoms with Gasteiger partial charge >= 0.3 is 0 Å². The molecular formula is C24H26ClN3O3S. The smallest absolute Gasteiger partial charge is 0.264 e. The monoisotopic (exact) mass is 471 g/mol. The Morgan fingerprint density at radius 1 is 0.938 bits per heavy atom. The number of para-hydroxylation sites is 1. The molecule has 0 aromatic heterocycles. The van der Waals surface area contributed by atoms with Gasteiger partial charge in [-0.05, 0) is 56.1 Å². The van der Waals surface area contributed by atoms with Crippen molar-refractivity contribution in [3.8, 4) is 0 Å². The van der Waals surface area contributed by atoms with Crippen LogP contribution in [0.3, 0.4) is 0 Å². The van der Waals surface area contributed by atoms with E-state index in [1.807, 2.05) is 49.3 Å². The third-order valence-electron chi connectivity index (χ3n) is 5.22. The van der Waals surface area contributed by atoms with Crippen LogP contribution in [0.1, 0.15) is 22.0 Å². The Morgan fingerprint density at radius 2 is 1.59 bits per heavy atom. The molecule has 0 bridgehead atoms. The summed E-state index contributed by atoms with van der Waals surface area (Å²) in [5.74, 6) is -0.358. The molecule has 8 heteroatoms. The van der Waals surface area contributed by atoms with Gasteiger partial charge in [0.2, 0.25) is 0 Å². The average molecular weight is 472 g/mol. The number of amides is 1. The third-order valence-corrected chi connectivity index (χ3v) is 7.34. The second kappa shape index (κ2) is 10.2. The Labute approximate surface area is 194 Å². The van der Waals surface area contributed by atoms with Gasteiger partial charge < -0.3 is 10.2 Å². The molecule has 0 spiro atoms. The van der Waals surface area contributed by atoms with Crippen LogP contribution < -0.4 is 9.62 Å². The second-order valence-corrected chi connectivity index (χ2v) is 9.92. The summed E-state index contributed by atoms with van der Waals surface area (Å²) in [4.78, 5) is 14.9. The van der Waals surface area contributed by atoms with E-state index in [2.05, 4.69) is 5.32 Å². The van der Waals surface area contributed by atoms with Crippen molar-refractivity contribution in [2.24, 2.45) is 0 Å². The number of nitrogens with one attached hydrogen (secondary N) is 1. The number of hydrogen-bond donors (Lipinski definition) is 1. The van der Waals surface area contributed by atoms with E-state index in [-0.39, 0.29) is 22.4 Å². The average Bonchev–Trinajstić information content (AvgIpc) is 2.80. The Balaban J connectivity index is 1.78. The van der Waals surface area contributed by atoms with E-state index in [1.165, 1.54) is 23.5 Å². The molecule has 1 atom stereocenters. The number of carbonyl (C=O) groups excluding carboxylic acids is 1. The Kier molecular flexibility index (Phi) is 7.56. The van der Waals surface area contributed by atoms with Crippen LogP contribution in [-0.2, 0) is 10.0 Å². The number of hydrogen-bond acceptors (Lipinski definition) is 4. The normalized spacial score (nSPS) is 12.4. The number of carbonyl (C=O) groups is 1. The number of halogens is 1. The minimum absolute atomic E-state index is 0.0479. The first-order valence-corrected chi connectivity index (χ1v) is 11.9. The highest BCUT2D eigenvalue weighted by Crippen LogP contribution is 2.26. The highest BCUT2D eigenvalue weighted by atomic mass is 35.5. The SMILES string of the molecule is CN(C)C(CNC(=O)c1cccc(S(=O)(=O)N(C)c2ccccc2)c1)c1ccccc1Cl. The lowest BCUT2D eigenvalue weighted by molar-refractivity contribution is 0.0941. The van der Waals surface area contributed by atoms with E-state index >= 15 is 0 Å². The van der Waals surface area contributed by atoms with Crippen molar-refractivity contribution in [1.29, 1.82) is 0 Å². The van der Waals surface area contributed by atoms with Gasteiger partial charge in [0.15, 0.2) is 0 Å². The number of nitrogens with zero attached hydrogens (tertiary/aromatic N) is 2. The lowest BCUT2D eigenvalue weighted by Gasteiger charge is -2.26. The fourth-order valence-corrected chi connectivity index (χ4v) is 4.84. The molecule has 0 saturated heterocycles. The van der Waals surface area contributed by atoms with Crippen LogP contribution >= 0.6 is 11.6 Å². The summed E-state index contributed by atoms with van der Waals surface area (Å²) in [6.07, 6.45) is 0. The van der Waals surface area contributed by atoms with Gasteiger partial charge in [-0.3, -0.25) is 9.10 Å². The van der Waals surface area contributed by atoms with Gasteiger partial charge in [0.1, 0.15) is 0 Å². The lowest BCUT2D eigenvalue weighted by atomic mass is 10.1. The van der Waals surface area contributed by atoms with E-state index in [0.29, 0.717) is 17.3 Å². The van der Waals surface area contributed by atoms with Crippen LogP contribution in [0.2, 0.25) is 5.02 Å². The van der Waals surface area contributed by atoms with Gasteiger partial charge in [-0.25, -0.2) is 8.42 Å². The summed E-state index contributed by atoms with van der Waals surface area (Å²) in [5, 5.41) is 3.52. The third kappa shape index (κ3) is 5.30. The number of likely N-dealkylation sites (N-methyl/N-ethyl adjacent to an activating group) is 1. The standard InChI is InChI=1S/C24H26ClN3O3S/c1-27(2)23(21-14-7-8-15-22(21)25)17-26-24(29)18-10-9-13-20(16-18)32(30,31)28(3)19-11-5-4-6-12-19/h4-16,23H,17H2,1-3H3,(H,26,29). The number of sulfonamides is 1. The second-order valence-electron chi connectivity index (χ2n) is 7.55. The molecule has 0 radical (unpaired) electrons. The van der Waals surface area contributed by atoms with Gasteiger partial charge in [0.25, 0.3) is 15.9 Å². The van der Waals surface area contributed by atoms with Crippen molar-refractivity contribution in [2.45, 2.75) is 10.9 Å². The maximum Gasteiger partial charge on any atom is 0.264 e. The van der Waals surface area contributed by atoms with Crippen LogP contribution in [-0.4, -0.2) is 46.9 Å². The molecule has 1 unspecified atom stereocenters. The predicted octanol–water partition coefficient (Wildman–Crippen LogP) is 4.20. The maximum absolute atomic E-state index is 13.1. The Bertz CT molecular complexity index is 1180. The number of rotatable bonds is 8. The fourth-order valence-electron chi connectivity index (χ4n) is 3.34. The van der Waals surface area contributed by atoms with E-state index in [0.717, 1.165) is 5.56 Å². The van der Waals surface area contributed by atoms with E-state index in [4.69, 9.17) is 11.6 Å². The van der Waals surface area contributed by atoms with Crippen LogP contribution in [0.25, 0.3) is 0 Å². The first-order valence-electron chi connectivity index (χ1n) is 10.0. The van der Waals surface area contributed by atoms with E-state index in [1.54, 1.807) is 36.4 Å². The predicted molar refractivity (Wildman–Crippen MR) is 129 cm³/mol. The minimum Gasteiger partial charge on any atom is -0.350 e. The summed E-state index contributed by atoms with van der Waals surface area (Å²) in [6, 6.07) is 22.2. The summed E-state index contributed by atoms with van der Waals surface area (Å²) in [7, 11) is 1.49. The molecule has 3 aromatic rings. The molecule has 168 valence electrons. The molecule has 0 aliphatic rings. The molecular weight excluding hydrogens is 446 g/mol. The Hall–Kier alpha value is -2.87. The van der Waals surface area contributed by atoms with Gasteiger partial charge in [0, 0.05) is 24.2 Å². The summed E-state index contributed by atoms with van der Waals surface area (Å²) >= 11 is 6.34. The quantitative estimate of drug-likeness (QED) is 0.534. The van der Waals surface area contributed by atoms with Crippen LogP contribution in [0.15, 0.2) is 83.8 Å². The zero-order valence-corrected chi connectivity index (χ0v) is 19.8. The van der Waals surface area contributed by atoms with Gasteiger partial charge in [0.05, 0.1) is 16.6 Å². The first kappa shape index (κ1) is 23.8. The molecule has 0 aliphatic carbocycles. The summed E-state index contributed by atoms with van der Waals surface area (Å²) in [5.41, 5.74) is 1.71. The lowest BCUT2D eigenvalue weighted by Crippen LogP contribution is -2.35. The molecule has 0 fully saturated rings. The Morgan fingerprint density at radius 3 is 2.25 bits per heavy atom. The molecule has 0 heterocycles. The van der Waals surface area contributed by atoms with Crippen LogP contribution in [0, 0.1) is 0 Å². The summed E-state index contributed by atoms with van der Waals surface area (Å²) in [6.45, 7) is 0.316. The van der Waals surface area contributed by atoms with Crippen molar-refractivity contribution in [3.63, 3.8) is 0 Å². The van der Waals surface area contributed by atoms with Crippen molar-refractivity contribution < 1.29 is 13.2 Å². The van der Waals surface area contributed by atoms with Crippen molar-refractivity contribution in [1.82, 2.24) is 10.2 Å². The molecule has 6 nitrogen and oxygen atoms in total. The highest BCUT2D eigenvalue weighted by Gasteiger charge is 2.23. The van der Waals surface area contributed by atoms with Gasteiger partial charge in [-0.15, -0.1) is 0 Å². The maximum atomic E-state index is 13.1. The number of benzene rings is 3. The molecule has 1 amide bonds. The zero-order valence-electron chi connectivity index (χ0n) is 18.2.